The molecular weight excluding hydrogens is 312 g/mol. The molecule has 0 unspecified atom stereocenters. The summed E-state index contributed by atoms with van der Waals surface area (Å²) >= 11 is 3.47. The van der Waals surface area contributed by atoms with Crippen molar-refractivity contribution in [2.75, 3.05) is 0 Å². The molecular formula is C17H19BrSi. The molecule has 0 aromatic heterocycles. The Bertz CT molecular complexity index is 556. The van der Waals surface area contributed by atoms with Gasteiger partial charge >= 0.3 is 0 Å². The summed E-state index contributed by atoms with van der Waals surface area (Å²) in [6, 6.07) is 19.3. The predicted molar refractivity (Wildman–Crippen MR) is 90.5 cm³/mol. The van der Waals surface area contributed by atoms with Crippen LogP contribution in [0.15, 0.2) is 70.8 Å². The molecule has 0 atom stereocenters. The molecule has 0 fully saturated rings. The third-order valence-electron chi connectivity index (χ3n) is 3.71. The van der Waals surface area contributed by atoms with Crippen LogP contribution in [0.3, 0.4) is 0 Å². The molecule has 0 N–H and O–H groups in total. The van der Waals surface area contributed by atoms with Crippen LogP contribution in [-0.4, -0.2) is 8.07 Å². The number of hydrogen-bond acceptors (Lipinski definition) is 0. The summed E-state index contributed by atoms with van der Waals surface area (Å²) in [7, 11) is -1.59. The summed E-state index contributed by atoms with van der Waals surface area (Å²) in [6.45, 7) is 9.13. The summed E-state index contributed by atoms with van der Waals surface area (Å²) in [4.78, 5) is 0. The van der Waals surface area contributed by atoms with Crippen molar-refractivity contribution in [3.8, 4) is 0 Å². The number of rotatable bonds is 4. The molecule has 2 aromatic carbocycles. The average molecular weight is 331 g/mol. The lowest BCUT2D eigenvalue weighted by Crippen LogP contribution is -2.44. The number of halogens is 1. The third kappa shape index (κ3) is 3.46. The van der Waals surface area contributed by atoms with E-state index in [-0.39, 0.29) is 0 Å². The minimum absolute atomic E-state index is 0.974. The van der Waals surface area contributed by atoms with E-state index in [1.165, 1.54) is 15.9 Å². The van der Waals surface area contributed by atoms with Crippen LogP contribution >= 0.6 is 15.9 Å². The molecule has 0 aliphatic rings. The Morgan fingerprint density at radius 2 is 1.58 bits per heavy atom. The van der Waals surface area contributed by atoms with Crippen molar-refractivity contribution in [2.45, 2.75) is 19.5 Å². The van der Waals surface area contributed by atoms with Gasteiger partial charge < -0.3 is 0 Å². The molecule has 2 heteroatoms. The van der Waals surface area contributed by atoms with E-state index in [1.54, 1.807) is 0 Å². The second kappa shape index (κ2) is 5.89. The second-order valence-corrected chi connectivity index (χ2v) is 10.8. The molecule has 0 radical (unpaired) electrons. The lowest BCUT2D eigenvalue weighted by molar-refractivity contribution is 1.22. The van der Waals surface area contributed by atoms with Crippen molar-refractivity contribution in [1.29, 1.82) is 0 Å². The minimum Gasteiger partial charge on any atom is -0.103 e. The number of hydrogen-bond donors (Lipinski definition) is 0. The Balaban J connectivity index is 2.17. The van der Waals surface area contributed by atoms with Crippen LogP contribution in [0, 0.1) is 0 Å². The highest BCUT2D eigenvalue weighted by atomic mass is 79.9. The summed E-state index contributed by atoms with van der Waals surface area (Å²) in [5.41, 5.74) is 1.34. The van der Waals surface area contributed by atoms with Gasteiger partial charge in [-0.25, -0.2) is 0 Å². The van der Waals surface area contributed by atoms with Crippen LogP contribution in [0.4, 0.5) is 0 Å². The van der Waals surface area contributed by atoms with Crippen molar-refractivity contribution < 1.29 is 0 Å². The molecule has 0 heterocycles. The zero-order chi connectivity index (χ0) is 13.9. The van der Waals surface area contributed by atoms with E-state index in [4.69, 9.17) is 0 Å². The molecule has 2 rings (SSSR count). The van der Waals surface area contributed by atoms with Crippen LogP contribution in [0.1, 0.15) is 5.56 Å². The second-order valence-electron chi connectivity index (χ2n) is 5.40. The van der Waals surface area contributed by atoms with Crippen LogP contribution in [-0.2, 0) is 6.42 Å². The van der Waals surface area contributed by atoms with Gasteiger partial charge in [0.05, 0.1) is 0 Å². The molecule has 0 aliphatic heterocycles. The maximum Gasteiger partial charge on any atom is 0.107 e. The van der Waals surface area contributed by atoms with Gasteiger partial charge in [0.25, 0.3) is 0 Å². The van der Waals surface area contributed by atoms with Gasteiger partial charge in [0.15, 0.2) is 0 Å². The van der Waals surface area contributed by atoms with Crippen LogP contribution in [0.25, 0.3) is 0 Å². The first kappa shape index (κ1) is 14.3. The summed E-state index contributed by atoms with van der Waals surface area (Å²) in [5, 5.41) is 2.83. The molecule has 19 heavy (non-hydrogen) atoms. The van der Waals surface area contributed by atoms with Crippen LogP contribution in [0.2, 0.25) is 13.1 Å². The van der Waals surface area contributed by atoms with Gasteiger partial charge in [-0.2, -0.15) is 0 Å². The van der Waals surface area contributed by atoms with Gasteiger partial charge in [0.1, 0.15) is 8.07 Å². The van der Waals surface area contributed by atoms with Gasteiger partial charge in [-0.3, -0.25) is 0 Å². The largest absolute Gasteiger partial charge is 0.107 e. The van der Waals surface area contributed by atoms with Gasteiger partial charge in [-0.1, -0.05) is 81.9 Å². The highest BCUT2D eigenvalue weighted by Gasteiger charge is 2.26. The van der Waals surface area contributed by atoms with E-state index in [9.17, 15) is 0 Å². The van der Waals surface area contributed by atoms with Gasteiger partial charge in [0.2, 0.25) is 0 Å². The summed E-state index contributed by atoms with van der Waals surface area (Å²) in [6.07, 6.45) is 0.974. The fourth-order valence-electron chi connectivity index (χ4n) is 2.13. The SMILES string of the molecule is C=C(Cc1ccc(Br)cc1)[Si](C)(C)c1ccccc1. The van der Waals surface area contributed by atoms with E-state index in [2.05, 4.69) is 90.2 Å². The van der Waals surface area contributed by atoms with Crippen molar-refractivity contribution in [1.82, 2.24) is 0 Å². The van der Waals surface area contributed by atoms with Crippen molar-refractivity contribution in [2.24, 2.45) is 0 Å². The Kier molecular flexibility index (Phi) is 4.43. The van der Waals surface area contributed by atoms with Gasteiger partial charge in [0, 0.05) is 4.47 Å². The monoisotopic (exact) mass is 330 g/mol. The first-order chi connectivity index (χ1) is 9.00. The molecule has 0 aliphatic carbocycles. The Hall–Kier alpha value is -1.12. The molecule has 0 nitrogen and oxygen atoms in total. The van der Waals surface area contributed by atoms with Crippen molar-refractivity contribution in [3.05, 3.63) is 76.4 Å². The molecule has 0 saturated heterocycles. The molecule has 2 aromatic rings. The van der Waals surface area contributed by atoms with E-state index in [0.29, 0.717) is 0 Å². The maximum absolute atomic E-state index is 4.37. The summed E-state index contributed by atoms with van der Waals surface area (Å²) in [5.74, 6) is 0. The zero-order valence-electron chi connectivity index (χ0n) is 11.5. The van der Waals surface area contributed by atoms with Gasteiger partial charge in [-0.05, 0) is 24.1 Å². The van der Waals surface area contributed by atoms with E-state index < -0.39 is 8.07 Å². The molecule has 0 bridgehead atoms. The maximum atomic E-state index is 4.37. The average Bonchev–Trinajstić information content (AvgIpc) is 2.42. The Labute approximate surface area is 125 Å². The standard InChI is InChI=1S/C17H19BrSi/c1-14(13-15-9-11-16(18)12-10-15)19(2,3)17-7-5-4-6-8-17/h4-12H,1,13H2,2-3H3. The number of benzene rings is 2. The highest BCUT2D eigenvalue weighted by molar-refractivity contribution is 9.10. The molecule has 98 valence electrons. The first-order valence-electron chi connectivity index (χ1n) is 6.48. The minimum atomic E-state index is -1.59. The fraction of sp³-hybridized carbons (Fsp3) is 0.176. The van der Waals surface area contributed by atoms with E-state index in [0.717, 1.165) is 10.9 Å². The number of allylic oxidation sites excluding steroid dienone is 1. The molecule has 0 spiro atoms. The van der Waals surface area contributed by atoms with Crippen LogP contribution in [0.5, 0.6) is 0 Å². The van der Waals surface area contributed by atoms with Crippen molar-refractivity contribution >= 4 is 29.2 Å². The molecule has 0 amide bonds. The topological polar surface area (TPSA) is 0 Å². The Morgan fingerprint density at radius 3 is 2.16 bits per heavy atom. The van der Waals surface area contributed by atoms with Gasteiger partial charge in [-0.15, -0.1) is 6.58 Å². The highest BCUT2D eigenvalue weighted by Crippen LogP contribution is 2.19. The summed E-state index contributed by atoms with van der Waals surface area (Å²) < 4.78 is 1.13. The smallest absolute Gasteiger partial charge is 0.103 e. The van der Waals surface area contributed by atoms with Crippen molar-refractivity contribution in [3.63, 3.8) is 0 Å². The van der Waals surface area contributed by atoms with E-state index in [1.807, 2.05) is 0 Å². The van der Waals surface area contributed by atoms with E-state index >= 15 is 0 Å². The Morgan fingerprint density at radius 1 is 1.00 bits per heavy atom. The lowest BCUT2D eigenvalue weighted by atomic mass is 10.1. The lowest BCUT2D eigenvalue weighted by Gasteiger charge is -2.26. The predicted octanol–water partition coefficient (Wildman–Crippen LogP) is 4.70. The first-order valence-corrected chi connectivity index (χ1v) is 10.3. The zero-order valence-corrected chi connectivity index (χ0v) is 14.1. The van der Waals surface area contributed by atoms with Crippen LogP contribution < -0.4 is 5.19 Å². The normalized spacial score (nSPS) is 11.3. The third-order valence-corrected chi connectivity index (χ3v) is 7.96. The quantitative estimate of drug-likeness (QED) is 0.712. The fourth-order valence-corrected chi connectivity index (χ4v) is 4.47. The molecule has 0 saturated carbocycles.